The summed E-state index contributed by atoms with van der Waals surface area (Å²) < 4.78 is 26.9. The number of hydrogen-bond donors (Lipinski definition) is 1. The van der Waals surface area contributed by atoms with E-state index in [9.17, 15) is 14.0 Å². The van der Waals surface area contributed by atoms with Crippen molar-refractivity contribution in [3.63, 3.8) is 0 Å². The van der Waals surface area contributed by atoms with E-state index in [4.69, 9.17) is 14.9 Å². The number of pyridine rings is 1. The third kappa shape index (κ3) is 6.97. The van der Waals surface area contributed by atoms with Gasteiger partial charge in [-0.3, -0.25) is 15.0 Å². The molecule has 1 aliphatic heterocycles. The predicted molar refractivity (Wildman–Crippen MR) is 161 cm³/mol. The number of amides is 1. The topological polar surface area (TPSA) is 84.6 Å². The predicted octanol–water partition coefficient (Wildman–Crippen LogP) is 5.96. The Hall–Kier alpha value is -3.69. The SMILES string of the molecule is CC/C=C(\Cc1ccc(F)cc1C)SC(=N)c1cn2c(c(OCc3ccccc3)c1=O)C(=O)N(CC)[C@H](COC)C2. The standard InChI is InChI=1S/C32H36FN3O4S/c1-5-10-26(16-23-13-14-24(33)15-21(23)3)41-31(34)27-18-35-17-25(20-39-4)36(6-2)32(38)28(35)30(29(27)37)40-19-22-11-8-7-9-12-22/h7-15,18,25,34H,5-6,16-17,19-20H2,1-4H3/b26-10+,34-31?/t25-/m0/s1. The summed E-state index contributed by atoms with van der Waals surface area (Å²) >= 11 is 1.20. The number of nitrogens with one attached hydrogen (secondary N) is 1. The largest absolute Gasteiger partial charge is 0.483 e. The fraction of sp³-hybridized carbons (Fsp3) is 0.344. The van der Waals surface area contributed by atoms with Gasteiger partial charge in [-0.2, -0.15) is 0 Å². The Kier molecular flexibility index (Phi) is 10.2. The first-order valence-electron chi connectivity index (χ1n) is 13.7. The Labute approximate surface area is 244 Å². The van der Waals surface area contributed by atoms with Crippen molar-refractivity contribution in [1.82, 2.24) is 9.47 Å². The number of methoxy groups -OCH3 is 1. The summed E-state index contributed by atoms with van der Waals surface area (Å²) in [5.41, 5.74) is 2.49. The Morgan fingerprint density at radius 3 is 2.59 bits per heavy atom. The van der Waals surface area contributed by atoms with Gasteiger partial charge < -0.3 is 18.9 Å². The number of hydrogen-bond acceptors (Lipinski definition) is 6. The van der Waals surface area contributed by atoms with Crippen molar-refractivity contribution in [2.75, 3.05) is 20.3 Å². The summed E-state index contributed by atoms with van der Waals surface area (Å²) in [4.78, 5) is 30.1. The zero-order valence-electron chi connectivity index (χ0n) is 23.9. The normalized spacial score (nSPS) is 15.1. The Morgan fingerprint density at radius 1 is 1.17 bits per heavy atom. The molecule has 1 aliphatic rings. The molecule has 2 aromatic carbocycles. The average Bonchev–Trinajstić information content (AvgIpc) is 2.95. The number of ether oxygens (including phenoxy) is 2. The van der Waals surface area contributed by atoms with Crippen LogP contribution in [0.25, 0.3) is 0 Å². The number of aryl methyl sites for hydroxylation is 1. The maximum absolute atomic E-state index is 13.9. The quantitative estimate of drug-likeness (QED) is 0.225. The van der Waals surface area contributed by atoms with Gasteiger partial charge in [-0.05, 0) is 54.0 Å². The van der Waals surface area contributed by atoms with Crippen molar-refractivity contribution in [3.05, 3.63) is 110 Å². The van der Waals surface area contributed by atoms with E-state index in [1.54, 1.807) is 28.8 Å². The van der Waals surface area contributed by atoms with Gasteiger partial charge in [0.05, 0.1) is 18.2 Å². The molecule has 0 fully saturated rings. The monoisotopic (exact) mass is 577 g/mol. The van der Waals surface area contributed by atoms with Crippen LogP contribution in [0.5, 0.6) is 5.75 Å². The molecule has 0 bridgehead atoms. The van der Waals surface area contributed by atoms with Gasteiger partial charge in [-0.25, -0.2) is 4.39 Å². The van der Waals surface area contributed by atoms with Crippen LogP contribution in [0.2, 0.25) is 0 Å². The van der Waals surface area contributed by atoms with Crippen LogP contribution in [0.4, 0.5) is 4.39 Å². The average molecular weight is 578 g/mol. The van der Waals surface area contributed by atoms with Gasteiger partial charge in [0.1, 0.15) is 17.5 Å². The zero-order chi connectivity index (χ0) is 29.5. The first kappa shape index (κ1) is 30.3. The molecule has 3 aromatic rings. The number of aromatic nitrogens is 1. The number of halogens is 1. The molecule has 0 radical (unpaired) electrons. The van der Waals surface area contributed by atoms with Gasteiger partial charge in [-0.15, -0.1) is 0 Å². The number of nitrogens with zero attached hydrogens (tertiary/aromatic N) is 2. The highest BCUT2D eigenvalue weighted by atomic mass is 32.2. The van der Waals surface area contributed by atoms with Crippen molar-refractivity contribution in [2.24, 2.45) is 0 Å². The van der Waals surface area contributed by atoms with Gasteiger partial charge in [0, 0.05) is 32.8 Å². The molecule has 7 nitrogen and oxygen atoms in total. The highest BCUT2D eigenvalue weighted by Crippen LogP contribution is 2.30. The number of carbonyl (C=O) groups is 1. The minimum Gasteiger partial charge on any atom is -0.483 e. The number of allylic oxidation sites excluding steroid dienone is 2. The lowest BCUT2D eigenvalue weighted by Gasteiger charge is -2.37. The summed E-state index contributed by atoms with van der Waals surface area (Å²) in [5, 5.41) is 9.03. The molecule has 216 valence electrons. The third-order valence-corrected chi connectivity index (χ3v) is 8.05. The van der Waals surface area contributed by atoms with Crippen LogP contribution in [-0.2, 0) is 24.3 Å². The summed E-state index contributed by atoms with van der Waals surface area (Å²) in [6.45, 7) is 7.07. The maximum Gasteiger partial charge on any atom is 0.274 e. The van der Waals surface area contributed by atoms with Crippen molar-refractivity contribution >= 4 is 22.7 Å². The second-order valence-electron chi connectivity index (χ2n) is 9.93. The highest BCUT2D eigenvalue weighted by Gasteiger charge is 2.36. The number of likely N-dealkylation sites (N-methyl/N-ethyl adjacent to an activating group) is 1. The fourth-order valence-electron chi connectivity index (χ4n) is 5.00. The molecule has 0 aliphatic carbocycles. The molecule has 0 saturated heterocycles. The van der Waals surface area contributed by atoms with E-state index in [1.807, 2.05) is 57.2 Å². The zero-order valence-corrected chi connectivity index (χ0v) is 24.7. The minimum absolute atomic E-state index is 0.0496. The van der Waals surface area contributed by atoms with Crippen LogP contribution in [0.3, 0.4) is 0 Å². The van der Waals surface area contributed by atoms with Gasteiger partial charge >= 0.3 is 0 Å². The maximum atomic E-state index is 13.9. The van der Waals surface area contributed by atoms with E-state index in [2.05, 4.69) is 0 Å². The Balaban J connectivity index is 1.73. The van der Waals surface area contributed by atoms with Gasteiger partial charge in [0.2, 0.25) is 5.43 Å². The molecular formula is C32H36FN3O4S. The Bertz CT molecular complexity index is 1500. The van der Waals surface area contributed by atoms with Crippen molar-refractivity contribution in [3.8, 4) is 5.75 Å². The van der Waals surface area contributed by atoms with E-state index in [0.29, 0.717) is 26.1 Å². The third-order valence-electron chi connectivity index (χ3n) is 7.05. The van der Waals surface area contributed by atoms with Gasteiger partial charge in [0.15, 0.2) is 11.4 Å². The van der Waals surface area contributed by atoms with E-state index in [1.165, 1.54) is 23.9 Å². The van der Waals surface area contributed by atoms with E-state index in [-0.39, 0.29) is 46.4 Å². The molecule has 9 heteroatoms. The summed E-state index contributed by atoms with van der Waals surface area (Å²) in [6, 6.07) is 13.9. The lowest BCUT2D eigenvalue weighted by atomic mass is 10.1. The molecule has 1 N–H and O–H groups in total. The lowest BCUT2D eigenvalue weighted by molar-refractivity contribution is 0.0419. The molecule has 4 rings (SSSR count). The smallest absolute Gasteiger partial charge is 0.274 e. The number of thioether (sulfide) groups is 1. The van der Waals surface area contributed by atoms with Crippen LogP contribution >= 0.6 is 11.8 Å². The van der Waals surface area contributed by atoms with Crippen molar-refractivity contribution in [2.45, 2.75) is 52.8 Å². The molecule has 0 saturated carbocycles. The molecule has 1 aromatic heterocycles. The highest BCUT2D eigenvalue weighted by molar-refractivity contribution is 8.17. The molecule has 0 spiro atoms. The lowest BCUT2D eigenvalue weighted by Crippen LogP contribution is -2.51. The second-order valence-corrected chi connectivity index (χ2v) is 11.1. The molecular weight excluding hydrogens is 541 g/mol. The summed E-state index contributed by atoms with van der Waals surface area (Å²) in [6.07, 6.45) is 4.87. The van der Waals surface area contributed by atoms with E-state index >= 15 is 0 Å². The van der Waals surface area contributed by atoms with Gasteiger partial charge in [0.25, 0.3) is 5.91 Å². The van der Waals surface area contributed by atoms with Crippen LogP contribution in [-0.4, -0.2) is 46.7 Å². The van der Waals surface area contributed by atoms with Gasteiger partial charge in [-0.1, -0.05) is 61.2 Å². The molecule has 41 heavy (non-hydrogen) atoms. The number of rotatable bonds is 11. The van der Waals surface area contributed by atoms with Crippen LogP contribution < -0.4 is 10.2 Å². The number of fused-ring (bicyclic) bond motifs is 1. The number of carbonyl (C=O) groups excluding carboxylic acids is 1. The first-order chi connectivity index (χ1) is 19.8. The summed E-state index contributed by atoms with van der Waals surface area (Å²) in [7, 11) is 1.59. The molecule has 1 amide bonds. The van der Waals surface area contributed by atoms with E-state index in [0.717, 1.165) is 28.0 Å². The van der Waals surface area contributed by atoms with Crippen LogP contribution in [0.1, 0.15) is 53.0 Å². The number of benzene rings is 2. The first-order valence-corrected chi connectivity index (χ1v) is 14.5. The minimum atomic E-state index is -0.493. The van der Waals surface area contributed by atoms with Crippen molar-refractivity contribution in [1.29, 1.82) is 5.41 Å². The van der Waals surface area contributed by atoms with Crippen molar-refractivity contribution < 1.29 is 18.7 Å². The molecule has 0 unspecified atom stereocenters. The van der Waals surface area contributed by atoms with Crippen LogP contribution in [0.15, 0.2) is 70.5 Å². The second kappa shape index (κ2) is 13.8. The Morgan fingerprint density at radius 2 is 1.93 bits per heavy atom. The molecule has 2 heterocycles. The van der Waals surface area contributed by atoms with E-state index < -0.39 is 5.43 Å². The van der Waals surface area contributed by atoms with Crippen LogP contribution in [0, 0.1) is 18.2 Å². The summed E-state index contributed by atoms with van der Waals surface area (Å²) in [5.74, 6) is -0.641. The fourth-order valence-corrected chi connectivity index (χ4v) is 6.00. The molecule has 1 atom stereocenters.